The third kappa shape index (κ3) is 3.74. The number of amides is 1. The van der Waals surface area contributed by atoms with Crippen LogP contribution in [0.3, 0.4) is 0 Å². The van der Waals surface area contributed by atoms with Gasteiger partial charge in [-0.15, -0.1) is 16.4 Å². The lowest BCUT2D eigenvalue weighted by Gasteiger charge is -2.08. The Bertz CT molecular complexity index is 1050. The Balaban J connectivity index is 1.73. The predicted octanol–water partition coefficient (Wildman–Crippen LogP) is 3.97. The fourth-order valence-electron chi connectivity index (χ4n) is 2.62. The SMILES string of the molecule is O=C(NCc1cccs1)c1nnn(-c2ccc(Cl)cc2)c1-c1cccnc1. The minimum absolute atomic E-state index is 0.245. The van der Waals surface area contributed by atoms with Gasteiger partial charge in [-0.3, -0.25) is 9.78 Å². The molecule has 0 unspecified atom stereocenters. The molecule has 0 atom stereocenters. The summed E-state index contributed by atoms with van der Waals surface area (Å²) in [7, 11) is 0. The zero-order valence-electron chi connectivity index (χ0n) is 14.0. The van der Waals surface area contributed by atoms with Crippen molar-refractivity contribution in [3.8, 4) is 16.9 Å². The third-order valence-electron chi connectivity index (χ3n) is 3.89. The van der Waals surface area contributed by atoms with E-state index in [9.17, 15) is 4.79 Å². The maximum Gasteiger partial charge on any atom is 0.274 e. The molecule has 4 rings (SSSR count). The number of nitrogens with one attached hydrogen (secondary N) is 1. The number of thiophene rings is 1. The first-order chi connectivity index (χ1) is 13.2. The largest absolute Gasteiger partial charge is 0.346 e. The zero-order chi connectivity index (χ0) is 18.6. The van der Waals surface area contributed by atoms with Crippen molar-refractivity contribution in [3.63, 3.8) is 0 Å². The topological polar surface area (TPSA) is 72.7 Å². The van der Waals surface area contributed by atoms with Gasteiger partial charge in [0.25, 0.3) is 5.91 Å². The highest BCUT2D eigenvalue weighted by Crippen LogP contribution is 2.25. The molecule has 3 heterocycles. The van der Waals surface area contributed by atoms with Gasteiger partial charge < -0.3 is 5.32 Å². The molecule has 0 fully saturated rings. The van der Waals surface area contributed by atoms with Gasteiger partial charge in [-0.1, -0.05) is 22.9 Å². The highest BCUT2D eigenvalue weighted by Gasteiger charge is 2.22. The zero-order valence-corrected chi connectivity index (χ0v) is 15.6. The number of benzene rings is 1. The number of carbonyl (C=O) groups excluding carboxylic acids is 1. The molecular weight excluding hydrogens is 382 g/mol. The van der Waals surface area contributed by atoms with Gasteiger partial charge in [0.15, 0.2) is 5.69 Å². The second-order valence-electron chi connectivity index (χ2n) is 5.68. The monoisotopic (exact) mass is 395 g/mol. The molecule has 0 aliphatic rings. The Morgan fingerprint density at radius 1 is 1.15 bits per heavy atom. The van der Waals surface area contributed by atoms with E-state index in [2.05, 4.69) is 20.6 Å². The van der Waals surface area contributed by atoms with E-state index in [1.54, 1.807) is 40.5 Å². The van der Waals surface area contributed by atoms with Crippen LogP contribution in [0.15, 0.2) is 66.3 Å². The first-order valence-corrected chi connectivity index (χ1v) is 9.41. The average molecular weight is 396 g/mol. The van der Waals surface area contributed by atoms with Crippen LogP contribution in [0, 0.1) is 0 Å². The molecule has 1 N–H and O–H groups in total. The Kier molecular flexibility index (Phi) is 4.95. The Hall–Kier alpha value is -3.03. The van der Waals surface area contributed by atoms with E-state index < -0.39 is 0 Å². The van der Waals surface area contributed by atoms with Gasteiger partial charge in [0.2, 0.25) is 0 Å². The van der Waals surface area contributed by atoms with Crippen molar-refractivity contribution < 1.29 is 4.79 Å². The molecule has 8 heteroatoms. The first-order valence-electron chi connectivity index (χ1n) is 8.15. The van der Waals surface area contributed by atoms with Crippen molar-refractivity contribution in [1.29, 1.82) is 0 Å². The van der Waals surface area contributed by atoms with Gasteiger partial charge in [0.1, 0.15) is 5.69 Å². The second-order valence-corrected chi connectivity index (χ2v) is 7.15. The van der Waals surface area contributed by atoms with Gasteiger partial charge in [0.05, 0.1) is 12.2 Å². The number of hydrogen-bond acceptors (Lipinski definition) is 5. The summed E-state index contributed by atoms with van der Waals surface area (Å²) in [5.41, 5.74) is 2.32. The molecule has 0 spiro atoms. The fourth-order valence-corrected chi connectivity index (χ4v) is 3.39. The molecule has 0 radical (unpaired) electrons. The predicted molar refractivity (Wildman–Crippen MR) is 105 cm³/mol. The number of nitrogens with zero attached hydrogens (tertiary/aromatic N) is 4. The highest BCUT2D eigenvalue weighted by atomic mass is 35.5. The Morgan fingerprint density at radius 2 is 2.00 bits per heavy atom. The molecule has 27 heavy (non-hydrogen) atoms. The quantitative estimate of drug-likeness (QED) is 0.554. The molecule has 4 aromatic rings. The highest BCUT2D eigenvalue weighted by molar-refractivity contribution is 7.09. The van der Waals surface area contributed by atoms with Crippen molar-refractivity contribution in [2.24, 2.45) is 0 Å². The van der Waals surface area contributed by atoms with Crippen LogP contribution in [0.2, 0.25) is 5.02 Å². The van der Waals surface area contributed by atoms with E-state index in [0.29, 0.717) is 17.3 Å². The summed E-state index contributed by atoms with van der Waals surface area (Å²) in [5.74, 6) is -0.289. The Morgan fingerprint density at radius 3 is 2.70 bits per heavy atom. The molecule has 0 aliphatic heterocycles. The standard InChI is InChI=1S/C19H14ClN5OS/c20-14-5-7-15(8-6-14)25-18(13-3-1-9-21-11-13)17(23-24-25)19(26)22-12-16-4-2-10-27-16/h1-11H,12H2,(H,22,26). The first kappa shape index (κ1) is 17.4. The van der Waals surface area contributed by atoms with E-state index in [1.807, 2.05) is 41.8 Å². The second kappa shape index (κ2) is 7.69. The van der Waals surface area contributed by atoms with Gasteiger partial charge in [-0.05, 0) is 47.8 Å². The number of halogens is 1. The summed E-state index contributed by atoms with van der Waals surface area (Å²) in [6.45, 7) is 0.441. The van der Waals surface area contributed by atoms with Crippen LogP contribution in [0.1, 0.15) is 15.4 Å². The van der Waals surface area contributed by atoms with Crippen LogP contribution in [0.25, 0.3) is 16.9 Å². The van der Waals surface area contributed by atoms with Crippen molar-refractivity contribution in [2.75, 3.05) is 0 Å². The smallest absolute Gasteiger partial charge is 0.274 e. The van der Waals surface area contributed by atoms with Crippen molar-refractivity contribution in [2.45, 2.75) is 6.54 Å². The van der Waals surface area contributed by atoms with Crippen molar-refractivity contribution >= 4 is 28.8 Å². The normalized spacial score (nSPS) is 10.7. The maximum absolute atomic E-state index is 12.8. The lowest BCUT2D eigenvalue weighted by atomic mass is 10.1. The van der Waals surface area contributed by atoms with Crippen LogP contribution >= 0.6 is 22.9 Å². The number of hydrogen-bond donors (Lipinski definition) is 1. The summed E-state index contributed by atoms with van der Waals surface area (Å²) >= 11 is 7.57. The molecule has 134 valence electrons. The number of pyridine rings is 1. The molecule has 3 aromatic heterocycles. The number of carbonyl (C=O) groups is 1. The van der Waals surface area contributed by atoms with Crippen molar-refractivity contribution in [1.82, 2.24) is 25.3 Å². The van der Waals surface area contributed by atoms with Crippen LogP contribution in [-0.4, -0.2) is 25.9 Å². The number of rotatable bonds is 5. The van der Waals surface area contributed by atoms with Gasteiger partial charge in [-0.2, -0.15) is 0 Å². The molecule has 0 aliphatic carbocycles. The lowest BCUT2D eigenvalue weighted by molar-refractivity contribution is 0.0947. The van der Waals surface area contributed by atoms with Crippen LogP contribution in [0.4, 0.5) is 0 Å². The summed E-state index contributed by atoms with van der Waals surface area (Å²) in [4.78, 5) is 18.0. The summed E-state index contributed by atoms with van der Waals surface area (Å²) in [6.07, 6.45) is 3.36. The third-order valence-corrected chi connectivity index (χ3v) is 5.02. The van der Waals surface area contributed by atoms with Crippen LogP contribution in [0.5, 0.6) is 0 Å². The maximum atomic E-state index is 12.8. The van der Waals surface area contributed by atoms with Gasteiger partial charge in [0, 0.05) is 27.9 Å². The molecule has 0 saturated heterocycles. The molecule has 1 amide bonds. The van der Waals surface area contributed by atoms with Crippen LogP contribution < -0.4 is 5.32 Å². The lowest BCUT2D eigenvalue weighted by Crippen LogP contribution is -2.23. The molecule has 6 nitrogen and oxygen atoms in total. The van der Waals surface area contributed by atoms with Gasteiger partial charge >= 0.3 is 0 Å². The van der Waals surface area contributed by atoms with Crippen molar-refractivity contribution in [3.05, 3.63) is 81.9 Å². The number of aromatic nitrogens is 4. The minimum atomic E-state index is -0.289. The Labute approximate surface area is 164 Å². The average Bonchev–Trinajstić information content (AvgIpc) is 3.37. The molecule has 0 bridgehead atoms. The van der Waals surface area contributed by atoms with Gasteiger partial charge in [-0.25, -0.2) is 4.68 Å². The van der Waals surface area contributed by atoms with E-state index in [4.69, 9.17) is 11.6 Å². The fraction of sp³-hybridized carbons (Fsp3) is 0.0526. The molecular formula is C19H14ClN5OS. The summed E-state index contributed by atoms with van der Waals surface area (Å²) in [6, 6.07) is 14.8. The van der Waals surface area contributed by atoms with E-state index in [1.165, 1.54) is 0 Å². The van der Waals surface area contributed by atoms with E-state index in [0.717, 1.165) is 16.1 Å². The van der Waals surface area contributed by atoms with E-state index >= 15 is 0 Å². The minimum Gasteiger partial charge on any atom is -0.346 e. The van der Waals surface area contributed by atoms with E-state index in [-0.39, 0.29) is 11.6 Å². The summed E-state index contributed by atoms with van der Waals surface area (Å²) in [5, 5.41) is 13.8. The molecule has 1 aromatic carbocycles. The molecule has 0 saturated carbocycles. The van der Waals surface area contributed by atoms with Crippen LogP contribution in [-0.2, 0) is 6.54 Å². The summed E-state index contributed by atoms with van der Waals surface area (Å²) < 4.78 is 1.62.